The molecule has 1 heterocycles. The van der Waals surface area contributed by atoms with Crippen LogP contribution in [0.15, 0.2) is 0 Å². The van der Waals surface area contributed by atoms with Crippen molar-refractivity contribution in [2.24, 2.45) is 0 Å². The lowest BCUT2D eigenvalue weighted by Crippen LogP contribution is -2.40. The van der Waals surface area contributed by atoms with E-state index in [9.17, 15) is 9.90 Å². The quantitative estimate of drug-likeness (QED) is 0.698. The van der Waals surface area contributed by atoms with Crippen molar-refractivity contribution in [3.63, 3.8) is 0 Å². The van der Waals surface area contributed by atoms with Crippen LogP contribution < -0.4 is 0 Å². The average molecular weight is 242 g/mol. The molecule has 17 heavy (non-hydrogen) atoms. The van der Waals surface area contributed by atoms with Crippen LogP contribution >= 0.6 is 0 Å². The van der Waals surface area contributed by atoms with Gasteiger partial charge in [-0.05, 0) is 32.6 Å². The van der Waals surface area contributed by atoms with E-state index in [2.05, 4.69) is 6.92 Å². The van der Waals surface area contributed by atoms with Crippen LogP contribution in [0.4, 0.5) is 0 Å². The molecule has 1 fully saturated rings. The van der Waals surface area contributed by atoms with Gasteiger partial charge in [0.25, 0.3) is 0 Å². The van der Waals surface area contributed by atoms with Crippen LogP contribution in [-0.2, 0) is 9.53 Å². The predicted octanol–water partition coefficient (Wildman–Crippen LogP) is 2.84. The molecule has 0 spiro atoms. The van der Waals surface area contributed by atoms with E-state index in [4.69, 9.17) is 4.74 Å². The number of unbranched alkanes of at least 4 members (excludes halogenated alkanes) is 3. The lowest BCUT2D eigenvalue weighted by molar-refractivity contribution is -0.144. The first-order chi connectivity index (χ1) is 8.15. The van der Waals surface area contributed by atoms with Crippen molar-refractivity contribution in [3.05, 3.63) is 0 Å². The molecule has 0 aromatic rings. The van der Waals surface area contributed by atoms with Crippen molar-refractivity contribution in [2.45, 2.75) is 83.5 Å². The SMILES string of the molecule is CCCCCC[C@H]1CCC[C@H]([C@H](O)C(C)=O)O1. The number of ketones is 1. The molecule has 0 saturated carbocycles. The molecule has 3 atom stereocenters. The minimum atomic E-state index is -0.923. The summed E-state index contributed by atoms with van der Waals surface area (Å²) in [5.74, 6) is -0.179. The van der Waals surface area contributed by atoms with E-state index >= 15 is 0 Å². The molecular formula is C14H26O3. The molecule has 0 unspecified atom stereocenters. The zero-order valence-electron chi connectivity index (χ0n) is 11.2. The second-order valence-electron chi connectivity index (χ2n) is 5.13. The summed E-state index contributed by atoms with van der Waals surface area (Å²) in [6.45, 7) is 3.63. The Balaban J connectivity index is 2.26. The third kappa shape index (κ3) is 5.17. The van der Waals surface area contributed by atoms with Crippen LogP contribution in [0.3, 0.4) is 0 Å². The van der Waals surface area contributed by atoms with Crippen LogP contribution in [0.2, 0.25) is 0 Å². The van der Waals surface area contributed by atoms with Crippen LogP contribution in [0.1, 0.15) is 65.2 Å². The Kier molecular flexibility index (Phi) is 6.75. The van der Waals surface area contributed by atoms with Gasteiger partial charge in [0.15, 0.2) is 5.78 Å². The minimum Gasteiger partial charge on any atom is -0.383 e. The van der Waals surface area contributed by atoms with Crippen molar-refractivity contribution in [1.82, 2.24) is 0 Å². The number of carbonyl (C=O) groups is 1. The highest BCUT2D eigenvalue weighted by atomic mass is 16.5. The zero-order valence-corrected chi connectivity index (χ0v) is 11.2. The molecule has 1 N–H and O–H groups in total. The fourth-order valence-corrected chi connectivity index (χ4v) is 2.44. The molecule has 0 aromatic carbocycles. The van der Waals surface area contributed by atoms with Gasteiger partial charge >= 0.3 is 0 Å². The van der Waals surface area contributed by atoms with E-state index in [0.717, 1.165) is 25.7 Å². The molecule has 3 heteroatoms. The highest BCUT2D eigenvalue weighted by Crippen LogP contribution is 2.25. The maximum absolute atomic E-state index is 11.1. The van der Waals surface area contributed by atoms with E-state index in [1.807, 2.05) is 0 Å². The maximum atomic E-state index is 11.1. The monoisotopic (exact) mass is 242 g/mol. The van der Waals surface area contributed by atoms with Crippen molar-refractivity contribution >= 4 is 5.78 Å². The van der Waals surface area contributed by atoms with E-state index in [-0.39, 0.29) is 18.0 Å². The van der Waals surface area contributed by atoms with Crippen LogP contribution in [-0.4, -0.2) is 29.2 Å². The number of ether oxygens (including phenoxy) is 1. The van der Waals surface area contributed by atoms with Gasteiger partial charge in [0.2, 0.25) is 0 Å². The van der Waals surface area contributed by atoms with Gasteiger partial charge in [0.1, 0.15) is 6.10 Å². The molecule has 1 saturated heterocycles. The first kappa shape index (κ1) is 14.7. The average Bonchev–Trinajstić information content (AvgIpc) is 2.34. The van der Waals surface area contributed by atoms with Crippen LogP contribution in [0.25, 0.3) is 0 Å². The molecule has 0 bridgehead atoms. The number of hydrogen-bond acceptors (Lipinski definition) is 3. The second-order valence-corrected chi connectivity index (χ2v) is 5.13. The third-order valence-corrected chi connectivity index (χ3v) is 3.53. The molecule has 1 aliphatic rings. The summed E-state index contributed by atoms with van der Waals surface area (Å²) in [6.07, 6.45) is 8.07. The molecule has 100 valence electrons. The summed E-state index contributed by atoms with van der Waals surface area (Å²) in [5.41, 5.74) is 0. The van der Waals surface area contributed by atoms with Crippen molar-refractivity contribution < 1.29 is 14.6 Å². The van der Waals surface area contributed by atoms with Crippen molar-refractivity contribution in [3.8, 4) is 0 Å². The molecule has 0 amide bonds. The Morgan fingerprint density at radius 2 is 2.12 bits per heavy atom. The van der Waals surface area contributed by atoms with Crippen molar-refractivity contribution in [2.75, 3.05) is 0 Å². The first-order valence-corrected chi connectivity index (χ1v) is 6.99. The standard InChI is InChI=1S/C14H26O3/c1-3-4-5-6-8-12-9-7-10-13(17-12)14(16)11(2)15/h12-14,16H,3-10H2,1-2H3/t12-,13+,14+/m0/s1. The fraction of sp³-hybridized carbons (Fsp3) is 0.929. The van der Waals surface area contributed by atoms with Gasteiger partial charge in [-0.1, -0.05) is 32.6 Å². The summed E-state index contributed by atoms with van der Waals surface area (Å²) in [7, 11) is 0. The van der Waals surface area contributed by atoms with Gasteiger partial charge in [-0.15, -0.1) is 0 Å². The van der Waals surface area contributed by atoms with E-state index in [1.54, 1.807) is 0 Å². The van der Waals surface area contributed by atoms with Gasteiger partial charge in [-0.2, -0.15) is 0 Å². The highest BCUT2D eigenvalue weighted by molar-refractivity contribution is 5.80. The van der Waals surface area contributed by atoms with Gasteiger partial charge in [0, 0.05) is 0 Å². The van der Waals surface area contributed by atoms with Crippen molar-refractivity contribution in [1.29, 1.82) is 0 Å². The number of aliphatic hydroxyl groups excluding tert-OH is 1. The minimum absolute atomic E-state index is 0.179. The first-order valence-electron chi connectivity index (χ1n) is 6.99. The molecule has 0 radical (unpaired) electrons. The van der Waals surface area contributed by atoms with Gasteiger partial charge in [0.05, 0.1) is 12.2 Å². The molecule has 3 nitrogen and oxygen atoms in total. The molecule has 1 aliphatic heterocycles. The Morgan fingerprint density at radius 1 is 1.35 bits per heavy atom. The molecule has 1 rings (SSSR count). The number of aliphatic hydroxyl groups is 1. The fourth-order valence-electron chi connectivity index (χ4n) is 2.44. The van der Waals surface area contributed by atoms with E-state index in [1.165, 1.54) is 32.6 Å². The number of hydrogen-bond donors (Lipinski definition) is 1. The third-order valence-electron chi connectivity index (χ3n) is 3.53. The normalized spacial score (nSPS) is 26.8. The summed E-state index contributed by atoms with van der Waals surface area (Å²) in [5, 5.41) is 9.70. The molecular weight excluding hydrogens is 216 g/mol. The summed E-state index contributed by atoms with van der Waals surface area (Å²) >= 11 is 0. The summed E-state index contributed by atoms with van der Waals surface area (Å²) in [6, 6.07) is 0. The highest BCUT2D eigenvalue weighted by Gasteiger charge is 2.29. The second kappa shape index (κ2) is 7.83. The zero-order chi connectivity index (χ0) is 12.7. The van der Waals surface area contributed by atoms with E-state index in [0.29, 0.717) is 0 Å². The van der Waals surface area contributed by atoms with Gasteiger partial charge in [-0.3, -0.25) is 4.79 Å². The Hall–Kier alpha value is -0.410. The number of rotatable bonds is 7. The lowest BCUT2D eigenvalue weighted by Gasteiger charge is -2.32. The summed E-state index contributed by atoms with van der Waals surface area (Å²) in [4.78, 5) is 11.1. The Labute approximate surface area is 105 Å². The maximum Gasteiger partial charge on any atom is 0.160 e. The van der Waals surface area contributed by atoms with Crippen LogP contribution in [0, 0.1) is 0 Å². The molecule has 0 aliphatic carbocycles. The smallest absolute Gasteiger partial charge is 0.160 e. The Morgan fingerprint density at radius 3 is 2.76 bits per heavy atom. The Bertz CT molecular complexity index is 228. The molecule has 0 aromatic heterocycles. The summed E-state index contributed by atoms with van der Waals surface area (Å²) < 4.78 is 5.82. The van der Waals surface area contributed by atoms with Gasteiger partial charge in [-0.25, -0.2) is 0 Å². The van der Waals surface area contributed by atoms with Gasteiger partial charge < -0.3 is 9.84 Å². The largest absolute Gasteiger partial charge is 0.383 e. The topological polar surface area (TPSA) is 46.5 Å². The van der Waals surface area contributed by atoms with E-state index < -0.39 is 6.10 Å². The van der Waals surface area contributed by atoms with Crippen LogP contribution in [0.5, 0.6) is 0 Å². The number of carbonyl (C=O) groups excluding carboxylic acids is 1. The number of Topliss-reactive ketones (excluding diaryl/α,β-unsaturated/α-hetero) is 1. The predicted molar refractivity (Wildman–Crippen MR) is 68.0 cm³/mol. The lowest BCUT2D eigenvalue weighted by atomic mass is 9.96.